The van der Waals surface area contributed by atoms with Gasteiger partial charge in [0.25, 0.3) is 0 Å². The van der Waals surface area contributed by atoms with E-state index in [9.17, 15) is 4.79 Å². The van der Waals surface area contributed by atoms with Gasteiger partial charge in [-0.15, -0.1) is 0 Å². The molecule has 0 aliphatic heterocycles. The highest BCUT2D eigenvalue weighted by Gasteiger charge is 2.15. The lowest BCUT2D eigenvalue weighted by atomic mass is 10.1. The molecule has 2 amide bonds. The Morgan fingerprint density at radius 2 is 1.94 bits per heavy atom. The SMILES string of the molecule is C[C@H](CCO)NC(=O)NC1CCCCCC1. The van der Waals surface area contributed by atoms with Crippen molar-refractivity contribution in [3.05, 3.63) is 0 Å². The predicted molar refractivity (Wildman–Crippen MR) is 64.3 cm³/mol. The van der Waals surface area contributed by atoms with Crippen LogP contribution < -0.4 is 10.6 Å². The molecule has 0 aromatic rings. The van der Waals surface area contributed by atoms with Crippen LogP contribution in [0.25, 0.3) is 0 Å². The van der Waals surface area contributed by atoms with Gasteiger partial charge in [0, 0.05) is 18.7 Å². The van der Waals surface area contributed by atoms with E-state index >= 15 is 0 Å². The topological polar surface area (TPSA) is 61.4 Å². The van der Waals surface area contributed by atoms with Crippen LogP contribution in [-0.2, 0) is 0 Å². The molecule has 1 atom stereocenters. The second-order valence-electron chi connectivity index (χ2n) is 4.72. The molecular formula is C12H24N2O2. The Hall–Kier alpha value is -0.770. The van der Waals surface area contributed by atoms with E-state index in [1.54, 1.807) is 0 Å². The second kappa shape index (κ2) is 7.49. The maximum absolute atomic E-state index is 11.6. The van der Waals surface area contributed by atoms with Crippen molar-refractivity contribution in [2.75, 3.05) is 6.61 Å². The van der Waals surface area contributed by atoms with E-state index in [2.05, 4.69) is 10.6 Å². The van der Waals surface area contributed by atoms with E-state index in [0.717, 1.165) is 12.8 Å². The van der Waals surface area contributed by atoms with E-state index in [-0.39, 0.29) is 18.7 Å². The van der Waals surface area contributed by atoms with Crippen LogP contribution in [0, 0.1) is 0 Å². The first-order valence-electron chi connectivity index (χ1n) is 6.40. The Balaban J connectivity index is 2.21. The summed E-state index contributed by atoms with van der Waals surface area (Å²) in [4.78, 5) is 11.6. The summed E-state index contributed by atoms with van der Waals surface area (Å²) >= 11 is 0. The molecule has 0 bridgehead atoms. The third kappa shape index (κ3) is 5.35. The van der Waals surface area contributed by atoms with Crippen LogP contribution in [0.1, 0.15) is 51.9 Å². The zero-order chi connectivity index (χ0) is 11.8. The Kier molecular flexibility index (Phi) is 6.23. The molecule has 3 N–H and O–H groups in total. The quantitative estimate of drug-likeness (QED) is 0.642. The molecule has 1 rings (SSSR count). The van der Waals surface area contributed by atoms with Gasteiger partial charge in [0.05, 0.1) is 0 Å². The van der Waals surface area contributed by atoms with Crippen molar-refractivity contribution in [2.24, 2.45) is 0 Å². The molecule has 1 saturated carbocycles. The third-order valence-electron chi connectivity index (χ3n) is 3.13. The van der Waals surface area contributed by atoms with Gasteiger partial charge in [-0.3, -0.25) is 0 Å². The zero-order valence-corrected chi connectivity index (χ0v) is 10.2. The lowest BCUT2D eigenvalue weighted by molar-refractivity contribution is 0.226. The maximum Gasteiger partial charge on any atom is 0.315 e. The molecule has 0 aromatic carbocycles. The van der Waals surface area contributed by atoms with Crippen LogP contribution in [0.15, 0.2) is 0 Å². The highest BCUT2D eigenvalue weighted by Crippen LogP contribution is 2.16. The van der Waals surface area contributed by atoms with Crippen molar-refractivity contribution in [3.8, 4) is 0 Å². The minimum Gasteiger partial charge on any atom is -0.396 e. The first kappa shape index (κ1) is 13.3. The number of urea groups is 1. The van der Waals surface area contributed by atoms with Crippen molar-refractivity contribution in [2.45, 2.75) is 64.0 Å². The van der Waals surface area contributed by atoms with E-state index in [1.165, 1.54) is 25.7 Å². The van der Waals surface area contributed by atoms with Gasteiger partial charge < -0.3 is 15.7 Å². The van der Waals surface area contributed by atoms with Crippen molar-refractivity contribution in [1.82, 2.24) is 10.6 Å². The van der Waals surface area contributed by atoms with Crippen molar-refractivity contribution in [3.63, 3.8) is 0 Å². The van der Waals surface area contributed by atoms with Crippen molar-refractivity contribution < 1.29 is 9.90 Å². The standard InChI is InChI=1S/C12H24N2O2/c1-10(8-9-15)13-12(16)14-11-6-4-2-3-5-7-11/h10-11,15H,2-9H2,1H3,(H2,13,14,16)/t10-/m1/s1. The molecule has 94 valence electrons. The van der Waals surface area contributed by atoms with E-state index < -0.39 is 0 Å². The number of rotatable bonds is 4. The fourth-order valence-corrected chi connectivity index (χ4v) is 2.14. The lowest BCUT2D eigenvalue weighted by Gasteiger charge is -2.19. The number of carbonyl (C=O) groups is 1. The molecular weight excluding hydrogens is 204 g/mol. The summed E-state index contributed by atoms with van der Waals surface area (Å²) in [5.41, 5.74) is 0. The number of hydrogen-bond acceptors (Lipinski definition) is 2. The summed E-state index contributed by atoms with van der Waals surface area (Å²) in [6.45, 7) is 2.02. The molecule has 0 heterocycles. The highest BCUT2D eigenvalue weighted by molar-refractivity contribution is 5.74. The number of carbonyl (C=O) groups excluding carboxylic acids is 1. The summed E-state index contributed by atoms with van der Waals surface area (Å²) in [5.74, 6) is 0. The molecule has 0 saturated heterocycles. The first-order valence-corrected chi connectivity index (χ1v) is 6.40. The second-order valence-corrected chi connectivity index (χ2v) is 4.72. The number of aliphatic hydroxyl groups is 1. The first-order chi connectivity index (χ1) is 7.72. The molecule has 4 nitrogen and oxygen atoms in total. The van der Waals surface area contributed by atoms with Crippen molar-refractivity contribution >= 4 is 6.03 Å². The molecule has 16 heavy (non-hydrogen) atoms. The Bertz CT molecular complexity index is 201. The van der Waals surface area contributed by atoms with Gasteiger partial charge in [-0.25, -0.2) is 4.79 Å². The average molecular weight is 228 g/mol. The third-order valence-corrected chi connectivity index (χ3v) is 3.13. The van der Waals surface area contributed by atoms with Crippen LogP contribution in [0.5, 0.6) is 0 Å². The van der Waals surface area contributed by atoms with Crippen LogP contribution in [0.3, 0.4) is 0 Å². The number of nitrogens with one attached hydrogen (secondary N) is 2. The molecule has 0 spiro atoms. The minimum atomic E-state index is -0.0900. The number of aliphatic hydroxyl groups excluding tert-OH is 1. The highest BCUT2D eigenvalue weighted by atomic mass is 16.3. The summed E-state index contributed by atoms with van der Waals surface area (Å²) in [7, 11) is 0. The predicted octanol–water partition coefficient (Wildman–Crippen LogP) is 1.78. The zero-order valence-electron chi connectivity index (χ0n) is 10.2. The molecule has 1 aliphatic carbocycles. The normalized spacial score (nSPS) is 19.9. The van der Waals surface area contributed by atoms with Gasteiger partial charge in [-0.1, -0.05) is 25.7 Å². The molecule has 1 fully saturated rings. The summed E-state index contributed by atoms with van der Waals surface area (Å²) < 4.78 is 0. The maximum atomic E-state index is 11.6. The number of amides is 2. The van der Waals surface area contributed by atoms with Crippen LogP contribution in [0.4, 0.5) is 4.79 Å². The summed E-state index contributed by atoms with van der Waals surface area (Å²) in [6.07, 6.45) is 7.83. The smallest absolute Gasteiger partial charge is 0.315 e. The fraction of sp³-hybridized carbons (Fsp3) is 0.917. The molecule has 4 heteroatoms. The van der Waals surface area contributed by atoms with Crippen LogP contribution in [-0.4, -0.2) is 29.8 Å². The Morgan fingerprint density at radius 1 is 1.31 bits per heavy atom. The van der Waals surface area contributed by atoms with E-state index in [4.69, 9.17) is 5.11 Å². The van der Waals surface area contributed by atoms with E-state index in [1.807, 2.05) is 6.92 Å². The van der Waals surface area contributed by atoms with Gasteiger partial charge in [-0.05, 0) is 26.2 Å². The van der Waals surface area contributed by atoms with Gasteiger partial charge in [0.1, 0.15) is 0 Å². The molecule has 0 radical (unpaired) electrons. The average Bonchev–Trinajstić information content (AvgIpc) is 2.46. The fourth-order valence-electron chi connectivity index (χ4n) is 2.14. The monoisotopic (exact) mass is 228 g/mol. The lowest BCUT2D eigenvalue weighted by Crippen LogP contribution is -2.45. The van der Waals surface area contributed by atoms with Crippen molar-refractivity contribution in [1.29, 1.82) is 0 Å². The number of hydrogen-bond donors (Lipinski definition) is 3. The largest absolute Gasteiger partial charge is 0.396 e. The van der Waals surface area contributed by atoms with Gasteiger partial charge in [0.15, 0.2) is 0 Å². The molecule has 0 aromatic heterocycles. The van der Waals surface area contributed by atoms with Gasteiger partial charge >= 0.3 is 6.03 Å². The van der Waals surface area contributed by atoms with Crippen LogP contribution >= 0.6 is 0 Å². The minimum absolute atomic E-state index is 0.0378. The molecule has 0 unspecified atom stereocenters. The summed E-state index contributed by atoms with van der Waals surface area (Å²) in [5, 5.41) is 14.6. The summed E-state index contributed by atoms with van der Waals surface area (Å²) in [6, 6.07) is 0.285. The van der Waals surface area contributed by atoms with Gasteiger partial charge in [0.2, 0.25) is 0 Å². The Morgan fingerprint density at radius 3 is 2.50 bits per heavy atom. The Labute approximate surface area is 97.8 Å². The van der Waals surface area contributed by atoms with Crippen LogP contribution in [0.2, 0.25) is 0 Å². The van der Waals surface area contributed by atoms with Gasteiger partial charge in [-0.2, -0.15) is 0 Å². The van der Waals surface area contributed by atoms with E-state index in [0.29, 0.717) is 12.5 Å². The molecule has 1 aliphatic rings.